The van der Waals surface area contributed by atoms with Gasteiger partial charge in [-0.25, -0.2) is 9.67 Å². The molecule has 0 radical (unpaired) electrons. The van der Waals surface area contributed by atoms with E-state index in [1.165, 1.54) is 22.7 Å². The first-order chi connectivity index (χ1) is 15.4. The molecular weight excluding hydrogens is 402 g/mol. The van der Waals surface area contributed by atoms with Crippen molar-refractivity contribution in [2.75, 3.05) is 6.54 Å². The van der Waals surface area contributed by atoms with E-state index in [4.69, 9.17) is 0 Å². The number of amides is 1. The van der Waals surface area contributed by atoms with E-state index in [0.29, 0.717) is 17.6 Å². The van der Waals surface area contributed by atoms with Crippen LogP contribution in [0.15, 0.2) is 65.8 Å². The molecule has 1 aliphatic carbocycles. The van der Waals surface area contributed by atoms with Gasteiger partial charge in [0.1, 0.15) is 18.3 Å². The Balaban J connectivity index is 1.34. The molecular formula is C25H25N5O2. The lowest BCUT2D eigenvalue weighted by Crippen LogP contribution is -2.36. The normalized spacial score (nSPS) is 14.4. The number of nitrogens with zero attached hydrogens (tertiary/aromatic N) is 4. The molecule has 2 heterocycles. The molecule has 32 heavy (non-hydrogen) atoms. The maximum absolute atomic E-state index is 13.0. The van der Waals surface area contributed by atoms with E-state index >= 15 is 0 Å². The standard InChI is InChI=1S/C25H25N5O2/c1-17-10-18(2)12-20(11-17)30-23-21(13-28-30)24(32)29(16-27-23)14-22(31)26-15-25(8-9-25)19-6-4-3-5-7-19/h3-7,10-13,16H,8-9,14-15H2,1-2H3,(H,26,31). The van der Waals surface area contributed by atoms with Crippen LogP contribution in [0.3, 0.4) is 0 Å². The predicted molar refractivity (Wildman–Crippen MR) is 123 cm³/mol. The molecule has 2 aromatic carbocycles. The topological polar surface area (TPSA) is 81.8 Å². The van der Waals surface area contributed by atoms with Crippen molar-refractivity contribution in [1.82, 2.24) is 24.6 Å². The second kappa shape index (κ2) is 7.75. The minimum absolute atomic E-state index is 0.0250. The Bertz CT molecular complexity index is 1350. The number of carbonyl (C=O) groups excluding carboxylic acids is 1. The van der Waals surface area contributed by atoms with E-state index < -0.39 is 0 Å². The first kappa shape index (κ1) is 20.2. The Morgan fingerprint density at radius 1 is 1.09 bits per heavy atom. The number of hydrogen-bond donors (Lipinski definition) is 1. The zero-order valence-corrected chi connectivity index (χ0v) is 18.2. The van der Waals surface area contributed by atoms with Crippen molar-refractivity contribution >= 4 is 16.9 Å². The number of aromatic nitrogens is 4. The van der Waals surface area contributed by atoms with Gasteiger partial charge in [0.2, 0.25) is 5.91 Å². The minimum Gasteiger partial charge on any atom is -0.354 e. The SMILES string of the molecule is Cc1cc(C)cc(-n2ncc3c(=O)n(CC(=O)NCC4(c5ccccc5)CC4)cnc32)c1. The summed E-state index contributed by atoms with van der Waals surface area (Å²) in [7, 11) is 0. The van der Waals surface area contributed by atoms with Crippen LogP contribution in [0.25, 0.3) is 16.7 Å². The second-order valence-corrected chi connectivity index (χ2v) is 8.74. The Morgan fingerprint density at radius 2 is 1.81 bits per heavy atom. The largest absolute Gasteiger partial charge is 0.354 e. The quantitative estimate of drug-likeness (QED) is 0.513. The Hall–Kier alpha value is -3.74. The zero-order chi connectivity index (χ0) is 22.3. The fraction of sp³-hybridized carbons (Fsp3) is 0.280. The highest BCUT2D eigenvalue weighted by Gasteiger charge is 2.44. The summed E-state index contributed by atoms with van der Waals surface area (Å²) in [5.41, 5.74) is 4.56. The average Bonchev–Trinajstić information content (AvgIpc) is 3.45. The maximum atomic E-state index is 13.0. The molecule has 7 nitrogen and oxygen atoms in total. The predicted octanol–water partition coefficient (Wildman–Crippen LogP) is 3.05. The van der Waals surface area contributed by atoms with Crippen molar-refractivity contribution in [1.29, 1.82) is 0 Å². The van der Waals surface area contributed by atoms with Crippen LogP contribution >= 0.6 is 0 Å². The van der Waals surface area contributed by atoms with E-state index in [1.54, 1.807) is 4.68 Å². The molecule has 162 valence electrons. The van der Waals surface area contributed by atoms with Crippen molar-refractivity contribution in [3.05, 3.63) is 88.1 Å². The third-order valence-corrected chi connectivity index (χ3v) is 6.18. The molecule has 5 rings (SSSR count). The Labute approximate surface area is 185 Å². The fourth-order valence-electron chi connectivity index (χ4n) is 4.31. The summed E-state index contributed by atoms with van der Waals surface area (Å²) in [6, 6.07) is 16.3. The fourth-order valence-corrected chi connectivity index (χ4v) is 4.31. The monoisotopic (exact) mass is 427 g/mol. The highest BCUT2D eigenvalue weighted by atomic mass is 16.2. The molecule has 1 amide bonds. The molecule has 0 bridgehead atoms. The summed E-state index contributed by atoms with van der Waals surface area (Å²) in [5, 5.41) is 7.77. The van der Waals surface area contributed by atoms with Gasteiger partial charge in [0.25, 0.3) is 5.56 Å². The van der Waals surface area contributed by atoms with Crippen LogP contribution in [0.2, 0.25) is 0 Å². The summed E-state index contributed by atoms with van der Waals surface area (Å²) < 4.78 is 3.01. The smallest absolute Gasteiger partial charge is 0.264 e. The highest BCUT2D eigenvalue weighted by Crippen LogP contribution is 2.47. The van der Waals surface area contributed by atoms with E-state index in [1.807, 2.05) is 44.2 Å². The molecule has 7 heteroatoms. The van der Waals surface area contributed by atoms with Gasteiger partial charge in [0, 0.05) is 12.0 Å². The van der Waals surface area contributed by atoms with Crippen LogP contribution in [0, 0.1) is 13.8 Å². The third kappa shape index (κ3) is 3.70. The molecule has 0 atom stereocenters. The number of rotatable bonds is 6. The van der Waals surface area contributed by atoms with Crippen molar-refractivity contribution in [3.8, 4) is 5.69 Å². The van der Waals surface area contributed by atoms with Gasteiger partial charge in [0.05, 0.1) is 11.9 Å². The van der Waals surface area contributed by atoms with Crippen molar-refractivity contribution in [3.63, 3.8) is 0 Å². The van der Waals surface area contributed by atoms with Gasteiger partial charge >= 0.3 is 0 Å². The van der Waals surface area contributed by atoms with Gasteiger partial charge in [-0.2, -0.15) is 5.10 Å². The Kier molecular flexibility index (Phi) is 4.89. The zero-order valence-electron chi connectivity index (χ0n) is 18.2. The summed E-state index contributed by atoms with van der Waals surface area (Å²) in [5.74, 6) is -0.197. The maximum Gasteiger partial charge on any atom is 0.264 e. The molecule has 0 aliphatic heterocycles. The number of hydrogen-bond acceptors (Lipinski definition) is 4. The molecule has 1 N–H and O–H groups in total. The number of aryl methyl sites for hydroxylation is 2. The lowest BCUT2D eigenvalue weighted by molar-refractivity contribution is -0.121. The highest BCUT2D eigenvalue weighted by molar-refractivity contribution is 5.78. The van der Waals surface area contributed by atoms with E-state index in [2.05, 4.69) is 33.6 Å². The van der Waals surface area contributed by atoms with Gasteiger partial charge in [-0.05, 0) is 55.5 Å². The van der Waals surface area contributed by atoms with Crippen LogP contribution in [0.1, 0.15) is 29.5 Å². The van der Waals surface area contributed by atoms with Crippen molar-refractivity contribution < 1.29 is 4.79 Å². The molecule has 2 aromatic heterocycles. The average molecular weight is 428 g/mol. The number of nitrogens with one attached hydrogen (secondary N) is 1. The van der Waals surface area contributed by atoms with Crippen molar-refractivity contribution in [2.24, 2.45) is 0 Å². The molecule has 1 fully saturated rings. The lowest BCUT2D eigenvalue weighted by atomic mass is 9.96. The van der Waals surface area contributed by atoms with E-state index in [0.717, 1.165) is 29.7 Å². The second-order valence-electron chi connectivity index (χ2n) is 8.74. The minimum atomic E-state index is -0.273. The van der Waals surface area contributed by atoms with Gasteiger partial charge in [0.15, 0.2) is 5.65 Å². The summed E-state index contributed by atoms with van der Waals surface area (Å²) in [4.78, 5) is 30.0. The van der Waals surface area contributed by atoms with Crippen LogP contribution in [-0.4, -0.2) is 31.8 Å². The van der Waals surface area contributed by atoms with E-state index in [9.17, 15) is 9.59 Å². The third-order valence-electron chi connectivity index (χ3n) is 6.18. The molecule has 1 saturated carbocycles. The van der Waals surface area contributed by atoms with Gasteiger partial charge in [-0.3, -0.25) is 14.2 Å². The first-order valence-corrected chi connectivity index (χ1v) is 10.8. The molecule has 4 aromatic rings. The summed E-state index contributed by atoms with van der Waals surface area (Å²) in [6.45, 7) is 4.54. The number of carbonyl (C=O) groups is 1. The Morgan fingerprint density at radius 3 is 2.50 bits per heavy atom. The summed E-state index contributed by atoms with van der Waals surface area (Å²) in [6.07, 6.45) is 5.06. The van der Waals surface area contributed by atoms with Crippen LogP contribution in [0.4, 0.5) is 0 Å². The van der Waals surface area contributed by atoms with E-state index in [-0.39, 0.29) is 23.4 Å². The van der Waals surface area contributed by atoms with Gasteiger partial charge in [-0.15, -0.1) is 0 Å². The molecule has 0 saturated heterocycles. The first-order valence-electron chi connectivity index (χ1n) is 10.8. The van der Waals surface area contributed by atoms with Gasteiger partial charge in [-0.1, -0.05) is 36.4 Å². The van der Waals surface area contributed by atoms with Crippen LogP contribution in [-0.2, 0) is 16.8 Å². The lowest BCUT2D eigenvalue weighted by Gasteiger charge is -2.16. The molecule has 0 unspecified atom stereocenters. The number of benzene rings is 2. The van der Waals surface area contributed by atoms with Crippen molar-refractivity contribution in [2.45, 2.75) is 38.6 Å². The van der Waals surface area contributed by atoms with Crippen LogP contribution in [0.5, 0.6) is 0 Å². The van der Waals surface area contributed by atoms with Gasteiger partial charge < -0.3 is 5.32 Å². The number of fused-ring (bicyclic) bond motifs is 1. The summed E-state index contributed by atoms with van der Waals surface area (Å²) >= 11 is 0. The molecule has 0 spiro atoms. The molecule has 1 aliphatic rings. The van der Waals surface area contributed by atoms with Crippen LogP contribution < -0.4 is 10.9 Å².